The fraction of sp³-hybridized carbons (Fsp3) is 0.444. The van der Waals surface area contributed by atoms with Crippen LogP contribution in [-0.4, -0.2) is 33.1 Å². The van der Waals surface area contributed by atoms with Gasteiger partial charge in [0, 0.05) is 17.1 Å². The lowest BCUT2D eigenvalue weighted by Gasteiger charge is -2.32. The fourth-order valence-electron chi connectivity index (χ4n) is 3.91. The first-order valence-corrected chi connectivity index (χ1v) is 10.5. The molecule has 0 unspecified atom stereocenters. The molecule has 24 heavy (non-hydrogen) atoms. The number of hydrogen-bond donors (Lipinski definition) is 1. The van der Waals surface area contributed by atoms with E-state index in [9.17, 15) is 0 Å². The maximum Gasteiger partial charge on any atom is 0.168 e. The van der Waals surface area contributed by atoms with E-state index in [4.69, 9.17) is 4.99 Å². The Kier molecular flexibility index (Phi) is 3.82. The topological polar surface area (TPSA) is 40.0 Å². The Balaban J connectivity index is 1.25. The van der Waals surface area contributed by atoms with Crippen LogP contribution in [0.4, 0.5) is 5.69 Å². The van der Waals surface area contributed by atoms with E-state index in [1.54, 1.807) is 11.8 Å². The molecule has 4 nitrogen and oxygen atoms in total. The molecule has 1 fully saturated rings. The molecule has 124 valence electrons. The van der Waals surface area contributed by atoms with Crippen molar-refractivity contribution in [3.05, 3.63) is 40.9 Å². The maximum atomic E-state index is 4.95. The lowest BCUT2D eigenvalue weighted by molar-refractivity contribution is 0.285. The van der Waals surface area contributed by atoms with E-state index >= 15 is 0 Å². The Morgan fingerprint density at radius 2 is 2.17 bits per heavy atom. The maximum absolute atomic E-state index is 4.95. The van der Waals surface area contributed by atoms with Crippen molar-refractivity contribution >= 4 is 39.5 Å². The van der Waals surface area contributed by atoms with Crippen molar-refractivity contribution in [2.24, 2.45) is 9.98 Å². The molecular weight excluding hydrogens is 336 g/mol. The number of nitrogens with zero attached hydrogens (tertiary/aromatic N) is 3. The van der Waals surface area contributed by atoms with Crippen molar-refractivity contribution in [2.45, 2.75) is 44.3 Å². The Morgan fingerprint density at radius 1 is 1.25 bits per heavy atom. The number of benzene rings is 1. The number of hydrogen-bond acceptors (Lipinski definition) is 6. The summed E-state index contributed by atoms with van der Waals surface area (Å²) in [6.45, 7) is 0.778. The van der Waals surface area contributed by atoms with E-state index in [1.165, 1.54) is 47.8 Å². The molecule has 1 aromatic carbocycles. The van der Waals surface area contributed by atoms with Crippen LogP contribution in [0.2, 0.25) is 0 Å². The van der Waals surface area contributed by atoms with Gasteiger partial charge < -0.3 is 10.2 Å². The Hall–Kier alpha value is -1.40. The molecule has 3 aliphatic heterocycles. The van der Waals surface area contributed by atoms with Gasteiger partial charge >= 0.3 is 0 Å². The molecular formula is C18H20N4S2. The summed E-state index contributed by atoms with van der Waals surface area (Å²) in [5.41, 5.74) is 3.87. The largest absolute Gasteiger partial charge is 0.335 e. The van der Waals surface area contributed by atoms with Crippen LogP contribution in [-0.2, 0) is 6.54 Å². The minimum absolute atomic E-state index is 0.534. The minimum Gasteiger partial charge on any atom is -0.335 e. The van der Waals surface area contributed by atoms with Gasteiger partial charge in [0.1, 0.15) is 0 Å². The van der Waals surface area contributed by atoms with Crippen LogP contribution in [0.5, 0.6) is 0 Å². The molecule has 1 aliphatic carbocycles. The molecule has 1 aromatic rings. The molecule has 3 heterocycles. The van der Waals surface area contributed by atoms with E-state index in [2.05, 4.69) is 44.9 Å². The number of fused-ring (bicyclic) bond motifs is 4. The average molecular weight is 357 g/mol. The van der Waals surface area contributed by atoms with Gasteiger partial charge in [0.2, 0.25) is 0 Å². The zero-order chi connectivity index (χ0) is 15.9. The minimum atomic E-state index is 0.534. The molecule has 0 amide bonds. The smallest absolute Gasteiger partial charge is 0.168 e. The molecule has 6 heteroatoms. The number of para-hydroxylation sites is 1. The quantitative estimate of drug-likeness (QED) is 0.859. The predicted octanol–water partition coefficient (Wildman–Crippen LogP) is 4.27. The number of thioether (sulfide) groups is 2. The monoisotopic (exact) mass is 356 g/mol. The van der Waals surface area contributed by atoms with Gasteiger partial charge in [-0.25, -0.2) is 0 Å². The molecule has 1 N–H and O–H groups in total. The van der Waals surface area contributed by atoms with Crippen molar-refractivity contribution in [1.82, 2.24) is 4.90 Å². The second-order valence-corrected chi connectivity index (χ2v) is 8.42. The van der Waals surface area contributed by atoms with Crippen molar-refractivity contribution in [1.29, 1.82) is 0 Å². The summed E-state index contributed by atoms with van der Waals surface area (Å²) < 4.78 is 0. The van der Waals surface area contributed by atoms with Crippen LogP contribution in [0.3, 0.4) is 0 Å². The molecule has 5 rings (SSSR count). The van der Waals surface area contributed by atoms with Gasteiger partial charge in [-0.2, -0.15) is 0 Å². The number of nitrogens with one attached hydrogen (secondary N) is 1. The van der Waals surface area contributed by atoms with Crippen LogP contribution >= 0.6 is 23.5 Å². The molecule has 4 aliphatic rings. The summed E-state index contributed by atoms with van der Waals surface area (Å²) in [5.74, 6) is 0.962. The van der Waals surface area contributed by atoms with E-state index in [-0.39, 0.29) is 0 Å². The summed E-state index contributed by atoms with van der Waals surface area (Å²) in [6.07, 6.45) is 5.23. The van der Waals surface area contributed by atoms with Crippen molar-refractivity contribution in [3.8, 4) is 0 Å². The Labute approximate surface area is 150 Å². The third-order valence-corrected chi connectivity index (χ3v) is 6.97. The molecule has 0 spiro atoms. The van der Waals surface area contributed by atoms with E-state index < -0.39 is 0 Å². The highest BCUT2D eigenvalue weighted by Gasteiger charge is 2.41. The van der Waals surface area contributed by atoms with Gasteiger partial charge in [-0.3, -0.25) is 9.98 Å². The second kappa shape index (κ2) is 6.15. The standard InChI is InChI=1S/C18H20N4S2/c1-2-6-14-12(5-1)9-19-17(20-14)23-10-13-11-24-18-21-15-7-3-4-8-16(15)22(13)18/h1-2,5-6,11,15-16H,3-4,7-10H2,(H,19,20)/t15-,16-/m0/s1. The third kappa shape index (κ3) is 2.56. The summed E-state index contributed by atoms with van der Waals surface area (Å²) in [6, 6.07) is 9.56. The molecule has 0 radical (unpaired) electrons. The van der Waals surface area contributed by atoms with Crippen LogP contribution in [0.1, 0.15) is 31.2 Å². The number of anilines is 1. The zero-order valence-corrected chi connectivity index (χ0v) is 15.1. The van der Waals surface area contributed by atoms with Crippen molar-refractivity contribution < 1.29 is 0 Å². The van der Waals surface area contributed by atoms with E-state index in [0.717, 1.165) is 17.5 Å². The van der Waals surface area contributed by atoms with Crippen LogP contribution in [0.15, 0.2) is 45.4 Å². The fourth-order valence-corrected chi connectivity index (χ4v) is 5.86. The predicted molar refractivity (Wildman–Crippen MR) is 105 cm³/mol. The van der Waals surface area contributed by atoms with Gasteiger partial charge in [0.15, 0.2) is 10.3 Å². The average Bonchev–Trinajstić information content (AvgIpc) is 3.19. The summed E-state index contributed by atoms with van der Waals surface area (Å²) in [4.78, 5) is 12.1. The van der Waals surface area contributed by atoms with E-state index in [1.807, 2.05) is 11.8 Å². The van der Waals surface area contributed by atoms with Gasteiger partial charge in [0.25, 0.3) is 0 Å². The third-order valence-electron chi connectivity index (χ3n) is 5.13. The number of amidine groups is 2. The molecule has 0 aromatic heterocycles. The van der Waals surface area contributed by atoms with Gasteiger partial charge in [-0.05, 0) is 29.9 Å². The molecule has 2 atom stereocenters. The van der Waals surface area contributed by atoms with Gasteiger partial charge in [-0.15, -0.1) is 0 Å². The number of aliphatic imine (C=N–C) groups is 2. The SMILES string of the molecule is C1=C(CSC2=NCc3ccccc3N2)N2C(=N[C@H]3CCCC[C@@H]32)S1. The molecule has 0 bridgehead atoms. The Bertz CT molecular complexity index is 755. The van der Waals surface area contributed by atoms with Crippen LogP contribution in [0, 0.1) is 0 Å². The zero-order valence-electron chi connectivity index (χ0n) is 13.4. The highest BCUT2D eigenvalue weighted by Crippen LogP contribution is 2.41. The van der Waals surface area contributed by atoms with E-state index in [0.29, 0.717) is 12.1 Å². The summed E-state index contributed by atoms with van der Waals surface area (Å²) in [7, 11) is 0. The first-order chi connectivity index (χ1) is 11.9. The number of rotatable bonds is 2. The highest BCUT2D eigenvalue weighted by atomic mass is 32.2. The molecule has 1 saturated carbocycles. The first kappa shape index (κ1) is 14.9. The van der Waals surface area contributed by atoms with Crippen LogP contribution in [0.25, 0.3) is 0 Å². The van der Waals surface area contributed by atoms with Crippen LogP contribution < -0.4 is 5.32 Å². The molecule has 0 saturated heterocycles. The van der Waals surface area contributed by atoms with Gasteiger partial charge in [0.05, 0.1) is 18.6 Å². The first-order valence-electron chi connectivity index (χ1n) is 8.63. The highest BCUT2D eigenvalue weighted by molar-refractivity contribution is 8.17. The lowest BCUT2D eigenvalue weighted by Crippen LogP contribution is -2.39. The van der Waals surface area contributed by atoms with Crippen molar-refractivity contribution in [2.75, 3.05) is 11.1 Å². The van der Waals surface area contributed by atoms with Gasteiger partial charge in [-0.1, -0.05) is 54.6 Å². The van der Waals surface area contributed by atoms with Crippen molar-refractivity contribution in [3.63, 3.8) is 0 Å². The summed E-state index contributed by atoms with van der Waals surface area (Å²) >= 11 is 3.61. The summed E-state index contributed by atoms with van der Waals surface area (Å²) in [5, 5.41) is 8.01. The second-order valence-electron chi connectivity index (χ2n) is 6.62. The normalized spacial score (nSPS) is 27.5. The Morgan fingerprint density at radius 3 is 3.17 bits per heavy atom. The lowest BCUT2D eigenvalue weighted by atomic mass is 9.91.